The Labute approximate surface area is 743 Å². The molecule has 16 rings (SSSR count). The van der Waals surface area contributed by atoms with Gasteiger partial charge in [0.1, 0.15) is 17.8 Å². The summed E-state index contributed by atoms with van der Waals surface area (Å²) in [7, 11) is 1.40. The first kappa shape index (κ1) is 94.5. The van der Waals surface area contributed by atoms with Gasteiger partial charge < -0.3 is 26.0 Å². The molecule has 4 amide bonds. The molecule has 0 spiro atoms. The van der Waals surface area contributed by atoms with Crippen LogP contribution in [0, 0.1) is 55.4 Å². The summed E-state index contributed by atoms with van der Waals surface area (Å²) in [5, 5.41) is 9.57. The van der Waals surface area contributed by atoms with Gasteiger partial charge in [0.05, 0.1) is 55.8 Å². The van der Waals surface area contributed by atoms with E-state index < -0.39 is 89.8 Å². The lowest BCUT2D eigenvalue weighted by Gasteiger charge is -2.24. The molecule has 20 nitrogen and oxygen atoms in total. The molecule has 2 atom stereocenters. The molecule has 5 N–H and O–H groups in total. The van der Waals surface area contributed by atoms with Crippen LogP contribution in [0.4, 0.5) is 56.6 Å². The maximum Gasteiger partial charge on any atom is 0.399 e. The SMILES string of the molecule is CCC(=O)c1ccc(-c2ccc(C(=O)Cc3ccc(C(c4ccc(C)c(C)c4)C(F)(F)F)cc3C)cc2)cc1C(=O)O.Cc1cc(C(c2ccc(N)c(C)c2)C(F)(F)F)ccc1N.Cc1ccc(C(c2ccc(N3C(=O)c4ccc(-c5ccc6c(c5)C(=O)N(C)C6=O)cc4C3=O)c(C)c2)C(F)(F)F)cc1C.O=C1OC(=O)c2cc(-c3ccc4c(c3)C(=O)OC4=O)ccc21.O=C=O. The van der Waals surface area contributed by atoms with Crippen LogP contribution in [0.5, 0.6) is 0 Å². The van der Waals surface area contributed by atoms with Crippen molar-refractivity contribution in [2.24, 2.45) is 0 Å². The first-order chi connectivity index (χ1) is 61.7. The van der Waals surface area contributed by atoms with Crippen molar-refractivity contribution >= 4 is 88.3 Å². The number of halogens is 9. The zero-order valence-corrected chi connectivity index (χ0v) is 71.5. The number of carboxylic acid groups (broad SMARTS) is 1. The van der Waals surface area contributed by atoms with Gasteiger partial charge in [0.25, 0.3) is 23.6 Å². The van der Waals surface area contributed by atoms with E-state index in [4.69, 9.17) is 21.1 Å². The van der Waals surface area contributed by atoms with Gasteiger partial charge in [0, 0.05) is 42.4 Å². The molecule has 666 valence electrons. The molecule has 0 saturated heterocycles. The third-order valence-electron chi connectivity index (χ3n) is 23.2. The van der Waals surface area contributed by atoms with Gasteiger partial charge in [0.15, 0.2) is 11.6 Å². The second kappa shape index (κ2) is 37.7. The molecule has 4 aliphatic rings. The molecule has 12 aromatic rings. The highest BCUT2D eigenvalue weighted by molar-refractivity contribution is 6.35. The van der Waals surface area contributed by atoms with E-state index in [0.717, 1.165) is 32.1 Å². The predicted molar refractivity (Wildman–Crippen MR) is 466 cm³/mol. The van der Waals surface area contributed by atoms with Crippen LogP contribution in [0.25, 0.3) is 33.4 Å². The Morgan fingerprint density at radius 1 is 0.351 bits per heavy atom. The van der Waals surface area contributed by atoms with Crippen molar-refractivity contribution in [3.8, 4) is 33.4 Å². The Bertz CT molecular complexity index is 6680. The second-order valence-corrected chi connectivity index (χ2v) is 31.7. The molecule has 0 saturated carbocycles. The normalized spacial score (nSPS) is 13.5. The molecule has 4 heterocycles. The average molecular weight is 1790 g/mol. The Hall–Kier alpha value is -15.6. The van der Waals surface area contributed by atoms with Crippen molar-refractivity contribution in [1.29, 1.82) is 0 Å². The van der Waals surface area contributed by atoms with Crippen LogP contribution >= 0.6 is 0 Å². The molecule has 29 heteroatoms. The van der Waals surface area contributed by atoms with E-state index in [1.54, 1.807) is 146 Å². The van der Waals surface area contributed by atoms with E-state index >= 15 is 0 Å². The highest BCUT2D eigenvalue weighted by Gasteiger charge is 2.46. The molecule has 0 fully saturated rings. The number of nitrogens with two attached hydrogens (primary N) is 2. The number of imide groups is 2. The molecule has 0 aromatic heterocycles. The highest BCUT2D eigenvalue weighted by Crippen LogP contribution is 2.47. The maximum absolute atomic E-state index is 14.3. The quantitative estimate of drug-likeness (QED) is 0.0202. The summed E-state index contributed by atoms with van der Waals surface area (Å²) in [6.45, 7) is 15.6. The standard InChI is InChI=1S/C35H31F3O4.C34H25F3N2O4.C16H17F3N2.C16H6O6.CO2/c1-5-31(39)29-15-14-26(18-30(29)34(41)42)23-8-10-24(11-9-23)32(40)19-25-12-13-28(17-22(25)4)33(35(36,37)38)27-7-6-20(2)21(3)16-27;1-17-5-6-22(13-18(17)2)29(34(35,36)37)23-9-12-28(19(3)14-23)39-32(42)25-11-8-21(16-27(25)33(39)43)20-7-10-24-26(15-20)31(41)38(4)30(24)40;1-9-7-11(3-5-13(9)20)15(16(17,18)19)12-4-6-14(21)10(2)8-12;17-13-9-3-1-7(5-11(9)15(19)21-13)8-2-4-10-12(6-8)16(20)22-14(10)18;2-1-3/h6-18,33H,5,19H2,1-4H3,(H,41,42);5-16,29H,1-4H3;3-8,15H,20-21H2,1-2H3;1-6H;. The van der Waals surface area contributed by atoms with Gasteiger partial charge >= 0.3 is 54.5 Å². The Kier molecular flexibility index (Phi) is 27.2. The summed E-state index contributed by atoms with van der Waals surface area (Å²) in [5.41, 5.74) is 25.3. The molecule has 12 aromatic carbocycles. The first-order valence-electron chi connectivity index (χ1n) is 40.3. The fraction of sp³-hybridized carbons (Fsp3) is 0.176. The number of ether oxygens (including phenoxy) is 2. The summed E-state index contributed by atoms with van der Waals surface area (Å²) in [4.78, 5) is 153. The fourth-order valence-electron chi connectivity index (χ4n) is 15.7. The Morgan fingerprint density at radius 3 is 1.08 bits per heavy atom. The number of aromatic carboxylic acids is 1. The van der Waals surface area contributed by atoms with Gasteiger partial charge in [-0.05, 0) is 251 Å². The number of fused-ring (bicyclic) bond motifs is 4. The smallest absolute Gasteiger partial charge is 0.399 e. The summed E-state index contributed by atoms with van der Waals surface area (Å²) in [6, 6.07) is 57.0. The van der Waals surface area contributed by atoms with Gasteiger partial charge in [-0.3, -0.25) is 33.7 Å². The van der Waals surface area contributed by atoms with Crippen LogP contribution in [-0.2, 0) is 25.5 Å². The number of carbonyl (C=O) groups excluding carboxylic acids is 12. The van der Waals surface area contributed by atoms with Gasteiger partial charge in [0.2, 0.25) is 0 Å². The number of amides is 4. The number of esters is 4. The largest absolute Gasteiger partial charge is 0.478 e. The third-order valence-corrected chi connectivity index (χ3v) is 23.2. The zero-order valence-electron chi connectivity index (χ0n) is 71.5. The average Bonchev–Trinajstić information content (AvgIpc) is 1.60. The lowest BCUT2D eigenvalue weighted by molar-refractivity contribution is -0.192. The second-order valence-electron chi connectivity index (χ2n) is 31.7. The van der Waals surface area contributed by atoms with Crippen molar-refractivity contribution in [3.63, 3.8) is 0 Å². The minimum absolute atomic E-state index is 0.00572. The van der Waals surface area contributed by atoms with Crippen LogP contribution < -0.4 is 16.4 Å². The van der Waals surface area contributed by atoms with Gasteiger partial charge in [-0.1, -0.05) is 153 Å². The fourth-order valence-corrected chi connectivity index (χ4v) is 15.7. The summed E-state index contributed by atoms with van der Waals surface area (Å²) in [6.07, 6.45) is -13.0. The van der Waals surface area contributed by atoms with E-state index in [1.165, 1.54) is 134 Å². The monoisotopic (exact) mass is 1790 g/mol. The van der Waals surface area contributed by atoms with Crippen molar-refractivity contribution in [2.45, 2.75) is 111 Å². The number of nitrogens with zero attached hydrogens (tertiary/aromatic N) is 2. The number of Topliss-reactive ketones (excluding diaryl/α,β-unsaturated/α-hetero) is 2. The molecule has 0 radical (unpaired) electrons. The van der Waals surface area contributed by atoms with Crippen LogP contribution in [0.3, 0.4) is 0 Å². The number of rotatable bonds is 16. The van der Waals surface area contributed by atoms with Crippen LogP contribution in [0.15, 0.2) is 224 Å². The lowest BCUT2D eigenvalue weighted by atomic mass is 9.86. The van der Waals surface area contributed by atoms with Gasteiger partial charge in [-0.25, -0.2) is 28.9 Å². The van der Waals surface area contributed by atoms with E-state index in [2.05, 4.69) is 9.47 Å². The summed E-state index contributed by atoms with van der Waals surface area (Å²) < 4.78 is 135. The first-order valence-corrected chi connectivity index (χ1v) is 40.3. The van der Waals surface area contributed by atoms with Crippen molar-refractivity contribution in [2.75, 3.05) is 23.4 Å². The number of anilines is 3. The van der Waals surface area contributed by atoms with Crippen molar-refractivity contribution in [1.82, 2.24) is 4.90 Å². The third kappa shape index (κ3) is 19.9. The Balaban J connectivity index is 0.000000163. The number of alkyl halides is 9. The van der Waals surface area contributed by atoms with Crippen molar-refractivity contribution < 1.29 is 116 Å². The zero-order chi connectivity index (χ0) is 95.6. The number of cyclic esters (lactones) is 4. The number of hydrogen-bond acceptors (Lipinski definition) is 17. The van der Waals surface area contributed by atoms with Gasteiger partial charge in [-0.15, -0.1) is 0 Å². The number of benzene rings is 12. The topological polar surface area (TPSA) is 319 Å². The minimum atomic E-state index is -4.56. The molecule has 131 heavy (non-hydrogen) atoms. The number of carboxylic acids is 1. The van der Waals surface area contributed by atoms with Gasteiger partial charge in [-0.2, -0.15) is 49.1 Å². The molecule has 0 bridgehead atoms. The number of hydrogen-bond donors (Lipinski definition) is 3. The number of aryl methyl sites for hydroxylation is 8. The van der Waals surface area contributed by atoms with E-state index in [-0.39, 0.29) is 120 Å². The molecular formula is C102H79F9N4O16. The molecular weight excluding hydrogens is 1710 g/mol. The van der Waals surface area contributed by atoms with E-state index in [1.807, 2.05) is 13.8 Å². The minimum Gasteiger partial charge on any atom is -0.478 e. The van der Waals surface area contributed by atoms with Crippen LogP contribution in [0.1, 0.15) is 228 Å². The maximum atomic E-state index is 14.3. The Morgan fingerprint density at radius 2 is 0.679 bits per heavy atom. The van der Waals surface area contributed by atoms with Crippen molar-refractivity contribution in [3.05, 3.63) is 369 Å². The lowest BCUT2D eigenvalue weighted by Crippen LogP contribution is -2.30. The number of ketones is 2. The highest BCUT2D eigenvalue weighted by atomic mass is 19.4. The molecule has 0 aliphatic carbocycles. The summed E-state index contributed by atoms with van der Waals surface area (Å²) >= 11 is 0. The van der Waals surface area contributed by atoms with E-state index in [0.29, 0.717) is 83.7 Å². The van der Waals surface area contributed by atoms with Crippen LogP contribution in [0.2, 0.25) is 0 Å². The number of nitrogen functional groups attached to an aromatic ring is 2. The predicted octanol–water partition coefficient (Wildman–Crippen LogP) is 21.2. The number of carbonyl (C=O) groups is 11. The van der Waals surface area contributed by atoms with E-state index in [9.17, 15) is 97.4 Å². The molecule has 4 aliphatic heterocycles. The summed E-state index contributed by atoms with van der Waals surface area (Å²) in [5.74, 6) is -11.7. The molecule has 2 unspecified atom stereocenters. The van der Waals surface area contributed by atoms with Crippen LogP contribution in [-0.4, -0.2) is 107 Å².